The van der Waals surface area contributed by atoms with E-state index in [0.29, 0.717) is 23.9 Å². The zero-order chi connectivity index (χ0) is 31.4. The minimum atomic E-state index is 0.568. The van der Waals surface area contributed by atoms with Gasteiger partial charge in [-0.2, -0.15) is 0 Å². The maximum absolute atomic E-state index is 3.85. The molecule has 2 aromatic carbocycles. The van der Waals surface area contributed by atoms with E-state index in [-0.39, 0.29) is 0 Å². The molecule has 236 valence electrons. The number of hydrogen-bond donors (Lipinski definition) is 2. The lowest BCUT2D eigenvalue weighted by Crippen LogP contribution is -2.22. The number of benzene rings is 2. The largest absolute Gasteiger partial charge is 0.382 e. The van der Waals surface area contributed by atoms with Crippen LogP contribution in [0.1, 0.15) is 128 Å². The third-order valence-electron chi connectivity index (χ3n) is 10.8. The smallest absolute Gasteiger partial charge is 0.0422 e. The van der Waals surface area contributed by atoms with Crippen molar-refractivity contribution in [1.29, 1.82) is 0 Å². The number of nitrogens with one attached hydrogen (secondary N) is 2. The SMILES string of the molecule is CC1=CC(C)C(C)=C1c1cc(C)ccc1NC1CCCCC1.CC1=CC(C)C(C)=C1c1cc(C)ccc1NC1CCCCC1. The summed E-state index contributed by atoms with van der Waals surface area (Å²) in [4.78, 5) is 0. The van der Waals surface area contributed by atoms with Crippen LogP contribution in [0.3, 0.4) is 0 Å². The molecule has 0 amide bonds. The third kappa shape index (κ3) is 7.44. The van der Waals surface area contributed by atoms with Crippen LogP contribution in [0.25, 0.3) is 11.1 Å². The van der Waals surface area contributed by atoms with E-state index in [4.69, 9.17) is 0 Å². The minimum Gasteiger partial charge on any atom is -0.382 e. The van der Waals surface area contributed by atoms with E-state index in [1.165, 1.54) is 131 Å². The molecule has 6 rings (SSSR count). The first-order valence-electron chi connectivity index (χ1n) is 17.7. The van der Waals surface area contributed by atoms with Crippen molar-refractivity contribution >= 4 is 22.5 Å². The number of aryl methyl sites for hydroxylation is 2. The second-order valence-electron chi connectivity index (χ2n) is 14.4. The van der Waals surface area contributed by atoms with Gasteiger partial charge in [-0.05, 0) is 126 Å². The lowest BCUT2D eigenvalue weighted by atomic mass is 9.92. The molecule has 0 spiro atoms. The monoisotopic (exact) mass is 590 g/mol. The molecule has 44 heavy (non-hydrogen) atoms. The molecule has 2 saturated carbocycles. The van der Waals surface area contributed by atoms with Crippen LogP contribution >= 0.6 is 0 Å². The highest BCUT2D eigenvalue weighted by atomic mass is 14.9. The Bertz CT molecular complexity index is 1340. The molecule has 2 heteroatoms. The second kappa shape index (κ2) is 14.4. The lowest BCUT2D eigenvalue weighted by Gasteiger charge is -2.26. The first-order chi connectivity index (χ1) is 21.1. The van der Waals surface area contributed by atoms with Crippen LogP contribution in [-0.4, -0.2) is 12.1 Å². The molecule has 4 aliphatic rings. The minimum absolute atomic E-state index is 0.568. The molecule has 2 nitrogen and oxygen atoms in total. The molecule has 0 aliphatic heterocycles. The van der Waals surface area contributed by atoms with E-state index in [1.54, 1.807) is 0 Å². The Morgan fingerprint density at radius 3 is 1.18 bits per heavy atom. The normalized spacial score (nSPS) is 22.9. The number of rotatable bonds is 6. The molecule has 0 bridgehead atoms. The van der Waals surface area contributed by atoms with Crippen LogP contribution in [0.15, 0.2) is 70.8 Å². The van der Waals surface area contributed by atoms with Gasteiger partial charge in [0.2, 0.25) is 0 Å². The van der Waals surface area contributed by atoms with Crippen molar-refractivity contribution in [3.63, 3.8) is 0 Å². The predicted molar refractivity (Wildman–Crippen MR) is 194 cm³/mol. The molecular formula is C42H58N2. The maximum Gasteiger partial charge on any atom is 0.0422 e. The molecule has 2 fully saturated rings. The van der Waals surface area contributed by atoms with Gasteiger partial charge in [0.25, 0.3) is 0 Å². The summed E-state index contributed by atoms with van der Waals surface area (Å²) >= 11 is 0. The summed E-state index contributed by atoms with van der Waals surface area (Å²) in [5.41, 5.74) is 17.0. The van der Waals surface area contributed by atoms with Gasteiger partial charge in [-0.25, -0.2) is 0 Å². The fourth-order valence-corrected chi connectivity index (χ4v) is 8.01. The van der Waals surface area contributed by atoms with Crippen LogP contribution in [0.4, 0.5) is 11.4 Å². The quantitative estimate of drug-likeness (QED) is 0.350. The zero-order valence-electron chi connectivity index (χ0n) is 29.0. The van der Waals surface area contributed by atoms with E-state index < -0.39 is 0 Å². The summed E-state index contributed by atoms with van der Waals surface area (Å²) in [6.07, 6.45) is 18.4. The van der Waals surface area contributed by atoms with Crippen LogP contribution < -0.4 is 10.6 Å². The zero-order valence-corrected chi connectivity index (χ0v) is 29.0. The molecule has 2 aromatic rings. The van der Waals surface area contributed by atoms with E-state index in [9.17, 15) is 0 Å². The highest BCUT2D eigenvalue weighted by Gasteiger charge is 2.24. The van der Waals surface area contributed by atoms with Gasteiger partial charge in [0.15, 0.2) is 0 Å². The van der Waals surface area contributed by atoms with E-state index in [0.717, 1.165) is 0 Å². The van der Waals surface area contributed by atoms with Gasteiger partial charge in [0, 0.05) is 34.6 Å². The van der Waals surface area contributed by atoms with Crippen molar-refractivity contribution in [2.75, 3.05) is 10.6 Å². The topological polar surface area (TPSA) is 24.1 Å². The van der Waals surface area contributed by atoms with Gasteiger partial charge in [0.1, 0.15) is 0 Å². The standard InChI is InChI=1S/2C21H29N/c2*1-14-10-11-20(22-18-8-6-5-7-9-18)19(12-14)21-16(3)13-15(2)17(21)4/h2*10-13,15,18,22H,5-9H2,1-4H3. The summed E-state index contributed by atoms with van der Waals surface area (Å²) < 4.78 is 0. The van der Waals surface area contributed by atoms with Crippen LogP contribution in [0.2, 0.25) is 0 Å². The Balaban J connectivity index is 0.000000175. The molecule has 2 unspecified atom stereocenters. The molecule has 4 aliphatic carbocycles. The van der Waals surface area contributed by atoms with Gasteiger partial charge in [-0.3, -0.25) is 0 Å². The molecule has 0 radical (unpaired) electrons. The molecule has 0 heterocycles. The van der Waals surface area contributed by atoms with Crippen LogP contribution in [0.5, 0.6) is 0 Å². The highest BCUT2D eigenvalue weighted by molar-refractivity contribution is 5.90. The van der Waals surface area contributed by atoms with Crippen molar-refractivity contribution in [3.8, 4) is 0 Å². The van der Waals surface area contributed by atoms with Crippen molar-refractivity contribution in [2.45, 2.75) is 132 Å². The summed E-state index contributed by atoms with van der Waals surface area (Å²) in [6, 6.07) is 15.1. The van der Waals surface area contributed by atoms with E-state index >= 15 is 0 Å². The molecular weight excluding hydrogens is 532 g/mol. The molecule has 0 saturated heterocycles. The van der Waals surface area contributed by atoms with Gasteiger partial charge in [-0.15, -0.1) is 0 Å². The Morgan fingerprint density at radius 2 is 0.864 bits per heavy atom. The van der Waals surface area contributed by atoms with E-state index in [2.05, 4.69) is 115 Å². The molecule has 2 atom stereocenters. The fraction of sp³-hybridized carbons (Fsp3) is 0.524. The average Bonchev–Trinajstić information content (AvgIpc) is 3.42. The summed E-state index contributed by atoms with van der Waals surface area (Å²) in [5.74, 6) is 1.14. The first kappa shape index (κ1) is 32.4. The maximum atomic E-state index is 3.85. The Morgan fingerprint density at radius 1 is 0.500 bits per heavy atom. The number of allylic oxidation sites excluding steroid dienone is 8. The highest BCUT2D eigenvalue weighted by Crippen LogP contribution is 2.42. The van der Waals surface area contributed by atoms with Crippen LogP contribution in [-0.2, 0) is 0 Å². The van der Waals surface area contributed by atoms with Crippen LogP contribution in [0, 0.1) is 25.7 Å². The van der Waals surface area contributed by atoms with Crippen molar-refractivity contribution < 1.29 is 0 Å². The third-order valence-corrected chi connectivity index (χ3v) is 10.8. The predicted octanol–water partition coefficient (Wildman–Crippen LogP) is 12.2. The summed E-state index contributed by atoms with van der Waals surface area (Å²) in [6.45, 7) is 18.1. The van der Waals surface area contributed by atoms with Gasteiger partial charge >= 0.3 is 0 Å². The van der Waals surface area contributed by atoms with Gasteiger partial charge < -0.3 is 10.6 Å². The van der Waals surface area contributed by atoms with Gasteiger partial charge in [0.05, 0.1) is 0 Å². The molecule has 0 aromatic heterocycles. The van der Waals surface area contributed by atoms with Crippen molar-refractivity contribution in [3.05, 3.63) is 93.1 Å². The Hall–Kier alpha value is -3.00. The Labute approximate surface area is 269 Å². The van der Waals surface area contributed by atoms with Gasteiger partial charge in [-0.1, -0.05) is 98.9 Å². The number of hydrogen-bond acceptors (Lipinski definition) is 2. The number of anilines is 2. The van der Waals surface area contributed by atoms with Crippen molar-refractivity contribution in [1.82, 2.24) is 0 Å². The Kier molecular flexibility index (Phi) is 10.6. The average molecular weight is 591 g/mol. The molecule has 2 N–H and O–H groups in total. The second-order valence-corrected chi connectivity index (χ2v) is 14.4. The summed E-state index contributed by atoms with van der Waals surface area (Å²) in [5, 5.41) is 7.70. The fourth-order valence-electron chi connectivity index (χ4n) is 8.01. The first-order valence-corrected chi connectivity index (χ1v) is 17.7. The lowest BCUT2D eigenvalue weighted by molar-refractivity contribution is 0.462. The van der Waals surface area contributed by atoms with E-state index in [1.807, 2.05) is 0 Å². The van der Waals surface area contributed by atoms with Crippen molar-refractivity contribution in [2.24, 2.45) is 11.8 Å². The summed E-state index contributed by atoms with van der Waals surface area (Å²) in [7, 11) is 0.